The van der Waals surface area contributed by atoms with E-state index < -0.39 is 0 Å². The Bertz CT molecular complexity index is 1300. The Hall–Kier alpha value is -3.85. The fourth-order valence-corrected chi connectivity index (χ4v) is 4.76. The number of ether oxygens (including phenoxy) is 1. The van der Waals surface area contributed by atoms with Gasteiger partial charge in [0.15, 0.2) is 5.76 Å². The topological polar surface area (TPSA) is 117 Å². The number of phenolic OH excluding ortho intramolecular Hbond substituents is 1. The van der Waals surface area contributed by atoms with E-state index in [2.05, 4.69) is 15.2 Å². The second-order valence-corrected chi connectivity index (χ2v) is 8.59. The van der Waals surface area contributed by atoms with Gasteiger partial charge in [-0.1, -0.05) is 6.07 Å². The highest BCUT2D eigenvalue weighted by Gasteiger charge is 2.31. The molecular weight excluding hydrogens is 436 g/mol. The van der Waals surface area contributed by atoms with E-state index in [1.807, 2.05) is 23.9 Å². The van der Waals surface area contributed by atoms with Crippen molar-refractivity contribution in [1.29, 1.82) is 0 Å². The Kier molecular flexibility index (Phi) is 5.70. The average Bonchev–Trinajstić information content (AvgIpc) is 3.34. The van der Waals surface area contributed by atoms with Crippen LogP contribution < -0.4 is 15.0 Å². The van der Waals surface area contributed by atoms with Crippen LogP contribution in [0, 0.1) is 5.92 Å². The van der Waals surface area contributed by atoms with Crippen molar-refractivity contribution in [3.8, 4) is 11.5 Å². The van der Waals surface area contributed by atoms with E-state index >= 15 is 0 Å². The first-order valence-electron chi connectivity index (χ1n) is 11.3. The number of Topliss-reactive ketones (excluding diaryl/α,β-unsaturated/α-hetero) is 1. The van der Waals surface area contributed by atoms with E-state index in [4.69, 9.17) is 9.84 Å². The smallest absolute Gasteiger partial charge is 0.235 e. The molecule has 0 atom stereocenters. The first-order chi connectivity index (χ1) is 16.5. The number of aryl methyl sites for hydroxylation is 1. The fraction of sp³-hybridized carbons (Fsp3) is 0.320. The van der Waals surface area contributed by atoms with Gasteiger partial charge in [-0.25, -0.2) is 4.98 Å². The number of carbonyl (C=O) groups is 2. The van der Waals surface area contributed by atoms with Crippen LogP contribution in [0.4, 0.5) is 5.69 Å². The highest BCUT2D eigenvalue weighted by molar-refractivity contribution is 6.17. The second kappa shape index (κ2) is 8.83. The summed E-state index contributed by atoms with van der Waals surface area (Å²) in [6.45, 7) is 1.61. The number of benzene rings is 1. The third kappa shape index (κ3) is 3.77. The van der Waals surface area contributed by atoms with Gasteiger partial charge >= 0.3 is 0 Å². The van der Waals surface area contributed by atoms with Gasteiger partial charge in [0.2, 0.25) is 11.7 Å². The molecule has 0 spiro atoms. The van der Waals surface area contributed by atoms with E-state index in [0.29, 0.717) is 31.7 Å². The van der Waals surface area contributed by atoms with E-state index in [9.17, 15) is 14.7 Å². The fourth-order valence-electron chi connectivity index (χ4n) is 4.76. The Morgan fingerprint density at radius 2 is 2.09 bits per heavy atom. The number of carbonyl (C=O) groups excluding carboxylic acids is 2. The van der Waals surface area contributed by atoms with E-state index in [-0.39, 0.29) is 47.8 Å². The number of aromatic hydroxyl groups is 1. The molecule has 0 unspecified atom stereocenters. The Morgan fingerprint density at radius 1 is 1.29 bits per heavy atom. The van der Waals surface area contributed by atoms with Crippen molar-refractivity contribution in [2.45, 2.75) is 12.8 Å². The van der Waals surface area contributed by atoms with Gasteiger partial charge in [0.25, 0.3) is 0 Å². The number of hydrogen-bond acceptors (Lipinski definition) is 7. The number of aliphatic hydroxyl groups is 1. The minimum Gasteiger partial charge on any atom is -0.507 e. The number of nitrogens with one attached hydrogen (secondary N) is 1. The number of rotatable bonds is 5. The lowest BCUT2D eigenvalue weighted by atomic mass is 9.95. The average molecular weight is 463 g/mol. The van der Waals surface area contributed by atoms with Gasteiger partial charge in [0.1, 0.15) is 22.7 Å². The van der Waals surface area contributed by atoms with Crippen molar-refractivity contribution in [1.82, 2.24) is 14.9 Å². The number of nitrogens with zero attached hydrogens (tertiary/aromatic N) is 3. The molecule has 34 heavy (non-hydrogen) atoms. The lowest BCUT2D eigenvalue weighted by Crippen LogP contribution is -2.41. The van der Waals surface area contributed by atoms with Crippen LogP contribution in [-0.4, -0.2) is 57.7 Å². The first kappa shape index (κ1) is 22.0. The molecule has 1 saturated heterocycles. The molecule has 2 aliphatic rings. The molecule has 0 aliphatic carbocycles. The monoisotopic (exact) mass is 462 g/mol. The van der Waals surface area contributed by atoms with Crippen molar-refractivity contribution in [3.63, 3.8) is 0 Å². The predicted octanol–water partition coefficient (Wildman–Crippen LogP) is 2.22. The summed E-state index contributed by atoms with van der Waals surface area (Å²) in [7, 11) is 1.90. The first-order valence-corrected chi connectivity index (χ1v) is 11.3. The third-order valence-electron chi connectivity index (χ3n) is 6.44. The largest absolute Gasteiger partial charge is 0.507 e. The van der Waals surface area contributed by atoms with Gasteiger partial charge in [-0.3, -0.25) is 9.59 Å². The maximum atomic E-state index is 12.9. The lowest BCUT2D eigenvalue weighted by Gasteiger charge is -2.33. The summed E-state index contributed by atoms with van der Waals surface area (Å²) in [5, 5.41) is 22.7. The number of anilines is 1. The Morgan fingerprint density at radius 3 is 2.82 bits per heavy atom. The second-order valence-electron chi connectivity index (χ2n) is 8.59. The number of aromatic nitrogens is 2. The van der Waals surface area contributed by atoms with Gasteiger partial charge in [-0.2, -0.15) is 0 Å². The van der Waals surface area contributed by atoms with Crippen LogP contribution in [0.25, 0.3) is 17.1 Å². The maximum absolute atomic E-state index is 12.9. The zero-order valence-corrected chi connectivity index (χ0v) is 18.8. The molecule has 2 aromatic heterocycles. The molecule has 3 aromatic rings. The van der Waals surface area contributed by atoms with Crippen LogP contribution in [0.5, 0.6) is 11.5 Å². The van der Waals surface area contributed by atoms with Crippen molar-refractivity contribution in [2.75, 3.05) is 31.1 Å². The summed E-state index contributed by atoms with van der Waals surface area (Å²) < 4.78 is 7.67. The number of piperidine rings is 1. The maximum Gasteiger partial charge on any atom is 0.235 e. The van der Waals surface area contributed by atoms with E-state index in [0.717, 1.165) is 22.3 Å². The zero-order valence-electron chi connectivity index (χ0n) is 18.8. The highest BCUT2D eigenvalue weighted by atomic mass is 16.5. The molecule has 3 N–H and O–H groups in total. The quantitative estimate of drug-likeness (QED) is 0.498. The number of amides is 1. The molecule has 2 aliphatic heterocycles. The number of allylic oxidation sites excluding steroid dienone is 1. The Balaban J connectivity index is 1.45. The van der Waals surface area contributed by atoms with E-state index in [1.54, 1.807) is 24.4 Å². The summed E-state index contributed by atoms with van der Waals surface area (Å²) >= 11 is 0. The minimum atomic E-state index is -0.356. The van der Waals surface area contributed by atoms with Gasteiger partial charge in [-0.15, -0.1) is 0 Å². The summed E-state index contributed by atoms with van der Waals surface area (Å²) in [5.74, 6) is -0.0524. The van der Waals surface area contributed by atoms with Gasteiger partial charge in [-0.05, 0) is 37.1 Å². The van der Waals surface area contributed by atoms with Crippen molar-refractivity contribution in [2.24, 2.45) is 13.0 Å². The van der Waals surface area contributed by atoms with Crippen LogP contribution in [0.3, 0.4) is 0 Å². The molecule has 1 fully saturated rings. The molecule has 0 radical (unpaired) electrons. The SMILES string of the molecule is Cn1cc(C=C2Oc3cccc(O)c3C2=O)c2c(N3CCC(C(=O)NCCO)CC3)ccnc21. The number of phenols is 1. The molecule has 9 nitrogen and oxygen atoms in total. The third-order valence-corrected chi connectivity index (χ3v) is 6.44. The molecule has 1 aromatic carbocycles. The van der Waals surface area contributed by atoms with Crippen LogP contribution in [-0.2, 0) is 11.8 Å². The van der Waals surface area contributed by atoms with Crippen LogP contribution >= 0.6 is 0 Å². The van der Waals surface area contributed by atoms with Crippen LogP contribution in [0.15, 0.2) is 42.4 Å². The zero-order chi connectivity index (χ0) is 23.8. The molecule has 1 amide bonds. The number of ketones is 1. The normalized spacial score (nSPS) is 17.3. The lowest BCUT2D eigenvalue weighted by molar-refractivity contribution is -0.125. The summed E-state index contributed by atoms with van der Waals surface area (Å²) in [6.07, 6.45) is 6.79. The minimum absolute atomic E-state index is 0.0153. The van der Waals surface area contributed by atoms with Crippen LogP contribution in [0.1, 0.15) is 28.8 Å². The summed E-state index contributed by atoms with van der Waals surface area (Å²) in [5.41, 5.74) is 2.73. The van der Waals surface area contributed by atoms with Crippen molar-refractivity contribution < 1.29 is 24.5 Å². The van der Waals surface area contributed by atoms with E-state index in [1.165, 1.54) is 6.07 Å². The number of fused-ring (bicyclic) bond motifs is 2. The standard InChI is InChI=1S/C25H26N4O5/c1-28-14-16(13-20-23(32)22-18(31)3-2-4-19(22)34-20)21-17(5-8-26-24(21)28)29-10-6-15(7-11-29)25(33)27-9-12-30/h2-5,8,13-15,30-31H,6-7,9-12H2,1H3,(H,27,33). The number of aliphatic hydroxyl groups excluding tert-OH is 1. The molecule has 5 rings (SSSR count). The molecular formula is C25H26N4O5. The van der Waals surface area contributed by atoms with Gasteiger partial charge in [0.05, 0.1) is 6.61 Å². The van der Waals surface area contributed by atoms with Gasteiger partial charge < -0.3 is 29.7 Å². The molecule has 0 bridgehead atoms. The highest BCUT2D eigenvalue weighted by Crippen LogP contribution is 2.39. The number of pyridine rings is 1. The number of hydrogen-bond donors (Lipinski definition) is 3. The summed E-state index contributed by atoms with van der Waals surface area (Å²) in [4.78, 5) is 31.9. The van der Waals surface area contributed by atoms with Crippen molar-refractivity contribution >= 4 is 34.5 Å². The molecule has 176 valence electrons. The van der Waals surface area contributed by atoms with Gasteiger partial charge in [0, 0.05) is 61.6 Å². The predicted molar refractivity (Wildman–Crippen MR) is 127 cm³/mol. The molecule has 4 heterocycles. The Labute approximate surface area is 196 Å². The molecule has 0 saturated carbocycles. The van der Waals surface area contributed by atoms with Crippen molar-refractivity contribution in [3.05, 3.63) is 53.5 Å². The summed E-state index contributed by atoms with van der Waals surface area (Å²) in [6, 6.07) is 6.72. The molecule has 9 heteroatoms. The van der Waals surface area contributed by atoms with Crippen LogP contribution in [0.2, 0.25) is 0 Å².